The largest absolute Gasteiger partial charge is 0.508 e. The molecule has 0 aliphatic carbocycles. The van der Waals surface area contributed by atoms with E-state index in [0.29, 0.717) is 11.1 Å². The molecule has 6 heteroatoms. The van der Waals surface area contributed by atoms with Gasteiger partial charge in [0.25, 0.3) is 0 Å². The van der Waals surface area contributed by atoms with Crippen molar-refractivity contribution in [2.75, 3.05) is 20.6 Å². The van der Waals surface area contributed by atoms with Crippen LogP contribution in [-0.2, 0) is 0 Å². The van der Waals surface area contributed by atoms with E-state index in [-0.39, 0.29) is 23.9 Å². The van der Waals surface area contributed by atoms with Gasteiger partial charge in [-0.25, -0.2) is 13.6 Å². The van der Waals surface area contributed by atoms with Crippen LogP contribution >= 0.6 is 0 Å². The molecule has 1 heterocycles. The maximum absolute atomic E-state index is 14.1. The van der Waals surface area contributed by atoms with E-state index in [2.05, 4.69) is 0 Å². The zero-order valence-electron chi connectivity index (χ0n) is 13.9. The predicted molar refractivity (Wildman–Crippen MR) is 91.0 cm³/mol. The molecule has 4 nitrogen and oxygen atoms in total. The van der Waals surface area contributed by atoms with Crippen molar-refractivity contribution in [3.8, 4) is 5.75 Å². The van der Waals surface area contributed by atoms with Gasteiger partial charge in [0.15, 0.2) is 0 Å². The van der Waals surface area contributed by atoms with Gasteiger partial charge in [-0.1, -0.05) is 18.2 Å². The summed E-state index contributed by atoms with van der Waals surface area (Å²) in [5.41, 5.74) is 1.36. The standard InChI is InChI=1S/C19H18F2N2O2/c1-22(2)19(25)23-11-13(16-10-14(20)6-7-17(16)21)9-18(23)12-4-3-5-15(24)8-12/h3-10,18,24H,11H2,1-2H3. The summed E-state index contributed by atoms with van der Waals surface area (Å²) < 4.78 is 27.7. The molecule has 25 heavy (non-hydrogen) atoms. The Hall–Kier alpha value is -2.89. The lowest BCUT2D eigenvalue weighted by molar-refractivity contribution is 0.170. The van der Waals surface area contributed by atoms with Crippen molar-refractivity contribution in [3.63, 3.8) is 0 Å². The number of urea groups is 1. The summed E-state index contributed by atoms with van der Waals surface area (Å²) in [5, 5.41) is 9.73. The highest BCUT2D eigenvalue weighted by molar-refractivity contribution is 5.82. The Balaban J connectivity index is 2.05. The SMILES string of the molecule is CN(C)C(=O)N1CC(c2cc(F)ccc2F)=CC1c1cccc(O)c1. The van der Waals surface area contributed by atoms with Crippen LogP contribution < -0.4 is 0 Å². The number of hydrogen-bond acceptors (Lipinski definition) is 2. The van der Waals surface area contributed by atoms with Crippen molar-refractivity contribution >= 4 is 11.6 Å². The van der Waals surface area contributed by atoms with E-state index in [1.807, 2.05) is 0 Å². The first-order valence-electron chi connectivity index (χ1n) is 7.80. The minimum Gasteiger partial charge on any atom is -0.508 e. The molecule has 1 unspecified atom stereocenters. The van der Waals surface area contributed by atoms with Gasteiger partial charge in [0.1, 0.15) is 17.4 Å². The number of rotatable bonds is 2. The summed E-state index contributed by atoms with van der Waals surface area (Å²) in [6.07, 6.45) is 1.73. The van der Waals surface area contributed by atoms with Crippen LogP contribution in [0.1, 0.15) is 17.2 Å². The molecule has 2 amide bonds. The topological polar surface area (TPSA) is 43.8 Å². The Morgan fingerprint density at radius 1 is 1.20 bits per heavy atom. The molecular weight excluding hydrogens is 326 g/mol. The van der Waals surface area contributed by atoms with Gasteiger partial charge in [-0.2, -0.15) is 0 Å². The zero-order chi connectivity index (χ0) is 18.1. The molecule has 1 atom stereocenters. The van der Waals surface area contributed by atoms with Gasteiger partial charge in [-0.3, -0.25) is 0 Å². The number of phenols is 1. The van der Waals surface area contributed by atoms with Crippen molar-refractivity contribution in [1.82, 2.24) is 9.80 Å². The number of hydrogen-bond donors (Lipinski definition) is 1. The number of amides is 2. The number of benzene rings is 2. The normalized spacial score (nSPS) is 16.7. The molecule has 1 aliphatic rings. The summed E-state index contributed by atoms with van der Waals surface area (Å²) in [6.45, 7) is 0.151. The fourth-order valence-corrected chi connectivity index (χ4v) is 2.96. The van der Waals surface area contributed by atoms with Crippen LogP contribution in [0.4, 0.5) is 13.6 Å². The van der Waals surface area contributed by atoms with Gasteiger partial charge in [0.2, 0.25) is 0 Å². The van der Waals surface area contributed by atoms with Crippen molar-refractivity contribution in [3.05, 3.63) is 71.3 Å². The van der Waals surface area contributed by atoms with Crippen LogP contribution in [0.5, 0.6) is 5.75 Å². The van der Waals surface area contributed by atoms with Crippen molar-refractivity contribution < 1.29 is 18.7 Å². The Labute approximate surface area is 144 Å². The van der Waals surface area contributed by atoms with E-state index in [1.165, 1.54) is 11.0 Å². The predicted octanol–water partition coefficient (Wildman–Crippen LogP) is 3.79. The summed E-state index contributed by atoms with van der Waals surface area (Å²) >= 11 is 0. The molecule has 0 fully saturated rings. The Morgan fingerprint density at radius 2 is 1.96 bits per heavy atom. The van der Waals surface area contributed by atoms with Crippen LogP contribution in [0.15, 0.2) is 48.5 Å². The number of phenolic OH excluding ortho intramolecular Hbond substituents is 1. The van der Waals surface area contributed by atoms with Crippen LogP contribution in [-0.4, -0.2) is 41.6 Å². The van der Waals surface area contributed by atoms with E-state index in [0.717, 1.165) is 18.2 Å². The molecule has 0 spiro atoms. The van der Waals surface area contributed by atoms with Crippen molar-refractivity contribution in [1.29, 1.82) is 0 Å². The summed E-state index contributed by atoms with van der Waals surface area (Å²) in [6, 6.07) is 9.09. The lowest BCUT2D eigenvalue weighted by Crippen LogP contribution is -2.39. The molecule has 0 aromatic heterocycles. The maximum Gasteiger partial charge on any atom is 0.320 e. The molecule has 1 aliphatic heterocycles. The van der Waals surface area contributed by atoms with E-state index >= 15 is 0 Å². The fourth-order valence-electron chi connectivity index (χ4n) is 2.96. The number of carbonyl (C=O) groups is 1. The van der Waals surface area contributed by atoms with Crippen LogP contribution in [0.3, 0.4) is 0 Å². The van der Waals surface area contributed by atoms with E-state index in [4.69, 9.17) is 0 Å². The first-order chi connectivity index (χ1) is 11.9. The average Bonchev–Trinajstić information content (AvgIpc) is 3.01. The maximum atomic E-state index is 14.1. The van der Waals surface area contributed by atoms with E-state index in [9.17, 15) is 18.7 Å². The highest BCUT2D eigenvalue weighted by Crippen LogP contribution is 2.37. The molecule has 3 rings (SSSR count). The number of aromatic hydroxyl groups is 1. The lowest BCUT2D eigenvalue weighted by atomic mass is 10.0. The third-order valence-corrected chi connectivity index (χ3v) is 4.15. The second-order valence-electron chi connectivity index (χ2n) is 6.16. The van der Waals surface area contributed by atoms with Crippen LogP contribution in [0.25, 0.3) is 5.57 Å². The third-order valence-electron chi connectivity index (χ3n) is 4.15. The molecule has 0 radical (unpaired) electrons. The monoisotopic (exact) mass is 344 g/mol. The van der Waals surface area contributed by atoms with Crippen LogP contribution in [0, 0.1) is 11.6 Å². The fraction of sp³-hybridized carbons (Fsp3) is 0.211. The Morgan fingerprint density at radius 3 is 2.64 bits per heavy atom. The summed E-state index contributed by atoms with van der Waals surface area (Å²) in [5.74, 6) is -1.00. The van der Waals surface area contributed by atoms with Gasteiger partial charge in [0.05, 0.1) is 6.04 Å². The first kappa shape index (κ1) is 17.0. The van der Waals surface area contributed by atoms with Crippen molar-refractivity contribution in [2.45, 2.75) is 6.04 Å². The molecule has 2 aromatic carbocycles. The lowest BCUT2D eigenvalue weighted by Gasteiger charge is -2.28. The second kappa shape index (κ2) is 6.55. The molecule has 2 aromatic rings. The first-order valence-corrected chi connectivity index (χ1v) is 7.80. The molecule has 0 bridgehead atoms. The molecule has 0 saturated carbocycles. The molecule has 1 N–H and O–H groups in total. The smallest absolute Gasteiger partial charge is 0.320 e. The molecular formula is C19H18F2N2O2. The second-order valence-corrected chi connectivity index (χ2v) is 6.16. The highest BCUT2D eigenvalue weighted by atomic mass is 19.1. The Bertz CT molecular complexity index is 849. The van der Waals surface area contributed by atoms with Gasteiger partial charge >= 0.3 is 6.03 Å². The number of nitrogens with zero attached hydrogens (tertiary/aromatic N) is 2. The van der Waals surface area contributed by atoms with Crippen molar-refractivity contribution in [2.24, 2.45) is 0 Å². The quantitative estimate of drug-likeness (QED) is 0.901. The minimum absolute atomic E-state index is 0.0774. The number of halogens is 2. The van der Waals surface area contributed by atoms with E-state index in [1.54, 1.807) is 43.3 Å². The van der Waals surface area contributed by atoms with Gasteiger partial charge in [0, 0.05) is 26.2 Å². The van der Waals surface area contributed by atoms with Gasteiger partial charge < -0.3 is 14.9 Å². The molecule has 130 valence electrons. The Kier molecular flexibility index (Phi) is 4.44. The summed E-state index contributed by atoms with van der Waals surface area (Å²) in [7, 11) is 3.26. The highest BCUT2D eigenvalue weighted by Gasteiger charge is 2.32. The minimum atomic E-state index is -0.540. The van der Waals surface area contributed by atoms with Gasteiger partial charge in [-0.05, 0) is 41.5 Å². The zero-order valence-corrected chi connectivity index (χ0v) is 13.9. The third kappa shape index (κ3) is 3.33. The average molecular weight is 344 g/mol. The number of carbonyl (C=O) groups excluding carboxylic acids is 1. The van der Waals surface area contributed by atoms with Crippen LogP contribution in [0.2, 0.25) is 0 Å². The molecule has 0 saturated heterocycles. The summed E-state index contributed by atoms with van der Waals surface area (Å²) in [4.78, 5) is 15.5. The van der Waals surface area contributed by atoms with E-state index < -0.39 is 17.7 Å². The van der Waals surface area contributed by atoms with Gasteiger partial charge in [-0.15, -0.1) is 0 Å².